The van der Waals surface area contributed by atoms with Crippen molar-refractivity contribution in [2.45, 2.75) is 31.1 Å². The minimum atomic E-state index is 0.572. The highest BCUT2D eigenvalue weighted by molar-refractivity contribution is 7.98. The maximum Gasteiger partial charge on any atom is 0.0106 e. The summed E-state index contributed by atoms with van der Waals surface area (Å²) in [6.07, 6.45) is 3.20. The van der Waals surface area contributed by atoms with Crippen LogP contribution in [0.15, 0.2) is 23.1 Å². The van der Waals surface area contributed by atoms with E-state index in [9.17, 15) is 0 Å². The summed E-state index contributed by atoms with van der Waals surface area (Å²) < 4.78 is 0. The molecule has 0 aromatic heterocycles. The third kappa shape index (κ3) is 2.76. The molecule has 0 aliphatic rings. The van der Waals surface area contributed by atoms with Gasteiger partial charge in [-0.05, 0) is 43.7 Å². The summed E-state index contributed by atoms with van der Waals surface area (Å²) in [6, 6.07) is 6.68. The van der Waals surface area contributed by atoms with E-state index in [1.165, 1.54) is 16.0 Å². The molecule has 1 nitrogen and oxygen atoms in total. The first-order valence-corrected chi connectivity index (χ1v) is 6.26. The molecular formula is C12H19NS. The van der Waals surface area contributed by atoms with Crippen LogP contribution in [0.4, 0.5) is 0 Å². The zero-order valence-electron chi connectivity index (χ0n) is 9.21. The van der Waals surface area contributed by atoms with E-state index in [1.54, 1.807) is 0 Å². The van der Waals surface area contributed by atoms with E-state index in [-0.39, 0.29) is 0 Å². The Bertz CT molecular complexity index is 296. The van der Waals surface area contributed by atoms with Crippen LogP contribution in [-0.2, 0) is 0 Å². The van der Waals surface area contributed by atoms with E-state index < -0.39 is 0 Å². The van der Waals surface area contributed by atoms with Crippen molar-refractivity contribution in [3.8, 4) is 0 Å². The van der Waals surface area contributed by atoms with E-state index in [1.807, 2.05) is 11.8 Å². The highest BCUT2D eigenvalue weighted by Gasteiger charge is 2.09. The summed E-state index contributed by atoms with van der Waals surface area (Å²) in [6.45, 7) is 5.15. The normalized spacial score (nSPS) is 12.9. The molecule has 0 amide bonds. The molecule has 0 saturated carbocycles. The van der Waals surface area contributed by atoms with Crippen LogP contribution < -0.4 is 5.73 Å². The van der Waals surface area contributed by atoms with Gasteiger partial charge in [0.2, 0.25) is 0 Å². The lowest BCUT2D eigenvalue weighted by atomic mass is 9.97. The van der Waals surface area contributed by atoms with E-state index in [4.69, 9.17) is 5.73 Å². The number of thioether (sulfide) groups is 1. The van der Waals surface area contributed by atoms with Crippen LogP contribution >= 0.6 is 11.8 Å². The average molecular weight is 209 g/mol. The lowest BCUT2D eigenvalue weighted by Gasteiger charge is -2.15. The van der Waals surface area contributed by atoms with Gasteiger partial charge < -0.3 is 5.73 Å². The third-order valence-corrected chi connectivity index (χ3v) is 3.31. The molecule has 0 heterocycles. The van der Waals surface area contributed by atoms with Crippen molar-refractivity contribution < 1.29 is 0 Å². The molecule has 0 fully saturated rings. The lowest BCUT2D eigenvalue weighted by Crippen LogP contribution is -2.05. The minimum Gasteiger partial charge on any atom is -0.330 e. The zero-order valence-corrected chi connectivity index (χ0v) is 10.0. The quantitative estimate of drug-likeness (QED) is 0.771. The second-order valence-corrected chi connectivity index (χ2v) is 4.57. The van der Waals surface area contributed by atoms with Crippen LogP contribution in [0.2, 0.25) is 0 Å². The number of hydrogen-bond donors (Lipinski definition) is 1. The smallest absolute Gasteiger partial charge is 0.0106 e. The van der Waals surface area contributed by atoms with Crippen molar-refractivity contribution in [3.05, 3.63) is 29.3 Å². The highest BCUT2D eigenvalue weighted by atomic mass is 32.2. The molecule has 1 unspecified atom stereocenters. The molecule has 78 valence electrons. The summed E-state index contributed by atoms with van der Waals surface area (Å²) in [7, 11) is 0. The molecule has 2 N–H and O–H groups in total. The van der Waals surface area contributed by atoms with Crippen molar-refractivity contribution in [1.82, 2.24) is 0 Å². The summed E-state index contributed by atoms with van der Waals surface area (Å²) in [5.41, 5.74) is 8.35. The van der Waals surface area contributed by atoms with E-state index in [0.717, 1.165) is 13.0 Å². The topological polar surface area (TPSA) is 26.0 Å². The van der Waals surface area contributed by atoms with Crippen LogP contribution in [0.1, 0.15) is 30.4 Å². The summed E-state index contributed by atoms with van der Waals surface area (Å²) >= 11 is 1.82. The molecule has 0 bridgehead atoms. The van der Waals surface area contributed by atoms with Gasteiger partial charge in [0.25, 0.3) is 0 Å². The van der Waals surface area contributed by atoms with Gasteiger partial charge in [-0.25, -0.2) is 0 Å². The number of hydrogen-bond acceptors (Lipinski definition) is 2. The van der Waals surface area contributed by atoms with E-state index in [0.29, 0.717) is 5.92 Å². The number of nitrogens with two attached hydrogens (primary N) is 1. The maximum atomic E-state index is 5.58. The molecule has 1 aromatic rings. The van der Waals surface area contributed by atoms with Crippen molar-refractivity contribution in [2.24, 2.45) is 5.73 Å². The fraction of sp³-hybridized carbons (Fsp3) is 0.500. The SMILES string of the molecule is CSc1cc(C)ccc1C(C)CCN. The van der Waals surface area contributed by atoms with Crippen LogP contribution in [0, 0.1) is 6.92 Å². The Morgan fingerprint density at radius 1 is 1.43 bits per heavy atom. The molecule has 0 aliphatic carbocycles. The van der Waals surface area contributed by atoms with Gasteiger partial charge in [-0.15, -0.1) is 11.8 Å². The average Bonchev–Trinajstić information content (AvgIpc) is 2.17. The molecule has 1 rings (SSSR count). The van der Waals surface area contributed by atoms with Crippen molar-refractivity contribution in [2.75, 3.05) is 12.8 Å². The van der Waals surface area contributed by atoms with Crippen LogP contribution in [0.5, 0.6) is 0 Å². The Labute approximate surface area is 91.1 Å². The Morgan fingerprint density at radius 3 is 2.71 bits per heavy atom. The Balaban J connectivity index is 2.95. The van der Waals surface area contributed by atoms with Crippen molar-refractivity contribution in [3.63, 3.8) is 0 Å². The largest absolute Gasteiger partial charge is 0.330 e. The van der Waals surface area contributed by atoms with Crippen molar-refractivity contribution >= 4 is 11.8 Å². The Hall–Kier alpha value is -0.470. The van der Waals surface area contributed by atoms with Gasteiger partial charge in [-0.2, -0.15) is 0 Å². The minimum absolute atomic E-state index is 0.572. The first-order chi connectivity index (χ1) is 6.69. The van der Waals surface area contributed by atoms with Crippen LogP contribution in [-0.4, -0.2) is 12.8 Å². The summed E-state index contributed by atoms with van der Waals surface area (Å²) in [5.74, 6) is 0.572. The van der Waals surface area contributed by atoms with Crippen LogP contribution in [0.25, 0.3) is 0 Å². The van der Waals surface area contributed by atoms with Gasteiger partial charge in [0, 0.05) is 4.90 Å². The molecule has 0 aliphatic heterocycles. The third-order valence-electron chi connectivity index (χ3n) is 2.52. The lowest BCUT2D eigenvalue weighted by molar-refractivity contribution is 0.679. The standard InChI is InChI=1S/C12H19NS/c1-9-4-5-11(10(2)6-7-13)12(8-9)14-3/h4-5,8,10H,6-7,13H2,1-3H3. The predicted molar refractivity (Wildman–Crippen MR) is 65.0 cm³/mol. The van der Waals surface area contributed by atoms with E-state index in [2.05, 4.69) is 38.3 Å². The van der Waals surface area contributed by atoms with Gasteiger partial charge in [-0.3, -0.25) is 0 Å². The van der Waals surface area contributed by atoms with Gasteiger partial charge in [0.15, 0.2) is 0 Å². The summed E-state index contributed by atoms with van der Waals surface area (Å²) in [5, 5.41) is 0. The Morgan fingerprint density at radius 2 is 2.14 bits per heavy atom. The zero-order chi connectivity index (χ0) is 10.6. The molecule has 0 radical (unpaired) electrons. The second-order valence-electron chi connectivity index (χ2n) is 3.72. The number of benzene rings is 1. The summed E-state index contributed by atoms with van der Waals surface area (Å²) in [4.78, 5) is 1.39. The molecular weight excluding hydrogens is 190 g/mol. The Kier molecular flexibility index (Phi) is 4.49. The fourth-order valence-corrected chi connectivity index (χ4v) is 2.44. The number of aryl methyl sites for hydroxylation is 1. The second kappa shape index (κ2) is 5.42. The molecule has 0 saturated heterocycles. The van der Waals surface area contributed by atoms with Gasteiger partial charge >= 0.3 is 0 Å². The molecule has 1 atom stereocenters. The van der Waals surface area contributed by atoms with Gasteiger partial charge in [0.1, 0.15) is 0 Å². The highest BCUT2D eigenvalue weighted by Crippen LogP contribution is 2.29. The monoisotopic (exact) mass is 209 g/mol. The van der Waals surface area contributed by atoms with Gasteiger partial charge in [-0.1, -0.05) is 24.6 Å². The molecule has 14 heavy (non-hydrogen) atoms. The number of rotatable bonds is 4. The van der Waals surface area contributed by atoms with Gasteiger partial charge in [0.05, 0.1) is 0 Å². The molecule has 2 heteroatoms. The predicted octanol–water partition coefficient (Wildman–Crippen LogP) is 3.17. The fourth-order valence-electron chi connectivity index (χ4n) is 1.63. The molecule has 1 aromatic carbocycles. The van der Waals surface area contributed by atoms with E-state index >= 15 is 0 Å². The first kappa shape index (κ1) is 11.6. The van der Waals surface area contributed by atoms with Crippen LogP contribution in [0.3, 0.4) is 0 Å². The maximum absolute atomic E-state index is 5.58. The first-order valence-electron chi connectivity index (χ1n) is 5.03. The van der Waals surface area contributed by atoms with Crippen molar-refractivity contribution in [1.29, 1.82) is 0 Å². The molecule has 0 spiro atoms.